The molecule has 4 heteroatoms. The van der Waals surface area contributed by atoms with Gasteiger partial charge in [0.25, 0.3) is 0 Å². The summed E-state index contributed by atoms with van der Waals surface area (Å²) in [5.41, 5.74) is 1.10. The van der Waals surface area contributed by atoms with Crippen molar-refractivity contribution in [3.63, 3.8) is 0 Å². The third-order valence-electron chi connectivity index (χ3n) is 2.07. The van der Waals surface area contributed by atoms with Crippen LogP contribution >= 0.6 is 0 Å². The molecule has 2 N–H and O–H groups in total. The summed E-state index contributed by atoms with van der Waals surface area (Å²) in [5, 5.41) is 3.56. The summed E-state index contributed by atoms with van der Waals surface area (Å²) >= 11 is 0. The van der Waals surface area contributed by atoms with Crippen LogP contribution in [0.4, 0.5) is 5.69 Å². The molecule has 1 aromatic carbocycles. The Bertz CT molecular complexity index is 572. The van der Waals surface area contributed by atoms with Gasteiger partial charge in [-0.15, -0.1) is 0 Å². The molecular weight excluding hydrogens is 192 g/mol. The first-order valence-electron chi connectivity index (χ1n) is 4.56. The quantitative estimate of drug-likeness (QED) is 0.735. The van der Waals surface area contributed by atoms with Crippen molar-refractivity contribution in [2.24, 2.45) is 0 Å². The molecule has 1 heterocycles. The molecule has 15 heavy (non-hydrogen) atoms. The zero-order valence-electron chi connectivity index (χ0n) is 8.20. The number of rotatable bonds is 1. The van der Waals surface area contributed by atoms with Gasteiger partial charge in [0.1, 0.15) is 0 Å². The zero-order chi connectivity index (χ0) is 10.8. The minimum absolute atomic E-state index is 0.160. The second kappa shape index (κ2) is 3.57. The lowest BCUT2D eigenvalue weighted by Crippen LogP contribution is -2.09. The fourth-order valence-corrected chi connectivity index (χ4v) is 1.47. The number of nitrogens with one attached hydrogen (secondary N) is 2. The molecule has 0 saturated carbocycles. The molecule has 0 aliphatic rings. The Morgan fingerprint density at radius 2 is 2.07 bits per heavy atom. The molecule has 2 rings (SSSR count). The molecule has 0 spiro atoms. The molecule has 0 aliphatic heterocycles. The van der Waals surface area contributed by atoms with Gasteiger partial charge >= 0.3 is 0 Å². The highest BCUT2D eigenvalue weighted by molar-refractivity contribution is 5.99. The van der Waals surface area contributed by atoms with Crippen molar-refractivity contribution >= 4 is 22.5 Å². The summed E-state index contributed by atoms with van der Waals surface area (Å²) in [6, 6.07) is 8.63. The molecule has 1 amide bonds. The number of benzene rings is 1. The van der Waals surface area contributed by atoms with E-state index in [2.05, 4.69) is 10.3 Å². The van der Waals surface area contributed by atoms with Gasteiger partial charge in [-0.25, -0.2) is 0 Å². The highest BCUT2D eigenvalue weighted by atomic mass is 16.1. The third-order valence-corrected chi connectivity index (χ3v) is 2.07. The standard InChI is InChI=1S/C11H10N2O2/c1-7(14)12-9-4-2-3-8-5-6-10(15)13-11(8)9/h2-6H,1H3,(H,12,14)(H,13,15). The third kappa shape index (κ3) is 1.88. The first kappa shape index (κ1) is 9.45. The van der Waals surface area contributed by atoms with Crippen LogP contribution in [0.2, 0.25) is 0 Å². The van der Waals surface area contributed by atoms with Gasteiger partial charge in [-0.2, -0.15) is 0 Å². The van der Waals surface area contributed by atoms with Gasteiger partial charge in [-0.05, 0) is 12.1 Å². The molecule has 0 radical (unpaired) electrons. The maximum absolute atomic E-state index is 11.2. The lowest BCUT2D eigenvalue weighted by atomic mass is 10.2. The van der Waals surface area contributed by atoms with Crippen LogP contribution in [0.1, 0.15) is 6.92 Å². The molecule has 4 nitrogen and oxygen atoms in total. The van der Waals surface area contributed by atoms with E-state index < -0.39 is 0 Å². The van der Waals surface area contributed by atoms with Crippen LogP contribution in [-0.4, -0.2) is 10.9 Å². The van der Waals surface area contributed by atoms with Gasteiger partial charge in [0.2, 0.25) is 11.5 Å². The Kier molecular flexibility index (Phi) is 2.25. The Morgan fingerprint density at radius 1 is 1.27 bits per heavy atom. The Morgan fingerprint density at radius 3 is 2.80 bits per heavy atom. The maximum Gasteiger partial charge on any atom is 0.248 e. The second-order valence-corrected chi connectivity index (χ2v) is 3.27. The summed E-state index contributed by atoms with van der Waals surface area (Å²) in [6.07, 6.45) is 0. The van der Waals surface area contributed by atoms with Crippen LogP contribution in [0.25, 0.3) is 10.9 Å². The number of H-pyrrole nitrogens is 1. The number of carbonyl (C=O) groups is 1. The Balaban J connectivity index is 2.68. The summed E-state index contributed by atoms with van der Waals surface area (Å²) in [6.45, 7) is 1.43. The summed E-state index contributed by atoms with van der Waals surface area (Å²) in [5.74, 6) is -0.160. The molecule has 0 bridgehead atoms. The predicted molar refractivity (Wildman–Crippen MR) is 58.9 cm³/mol. The molecule has 0 fully saturated rings. The number of aromatic nitrogens is 1. The molecule has 0 aliphatic carbocycles. The van der Waals surface area contributed by atoms with Crippen molar-refractivity contribution in [3.05, 3.63) is 40.7 Å². The van der Waals surface area contributed by atoms with Crippen LogP contribution < -0.4 is 10.9 Å². The number of pyridine rings is 1. The van der Waals surface area contributed by atoms with Gasteiger partial charge in [0.05, 0.1) is 11.2 Å². The topological polar surface area (TPSA) is 62.0 Å². The molecule has 0 saturated heterocycles. The van der Waals surface area contributed by atoms with E-state index in [0.717, 1.165) is 5.39 Å². The average Bonchev–Trinajstić information content (AvgIpc) is 2.18. The fraction of sp³-hybridized carbons (Fsp3) is 0.0909. The summed E-state index contributed by atoms with van der Waals surface area (Å²) < 4.78 is 0. The van der Waals surface area contributed by atoms with Crippen LogP contribution in [0.5, 0.6) is 0 Å². The molecule has 2 aromatic rings. The van der Waals surface area contributed by atoms with Crippen molar-refractivity contribution < 1.29 is 4.79 Å². The van der Waals surface area contributed by atoms with E-state index in [1.54, 1.807) is 12.1 Å². The lowest BCUT2D eigenvalue weighted by Gasteiger charge is -2.05. The first-order chi connectivity index (χ1) is 7.16. The maximum atomic E-state index is 11.2. The minimum atomic E-state index is -0.180. The van der Waals surface area contributed by atoms with E-state index in [0.29, 0.717) is 11.2 Å². The van der Waals surface area contributed by atoms with Crippen molar-refractivity contribution in [1.82, 2.24) is 4.98 Å². The van der Waals surface area contributed by atoms with Crippen LogP contribution in [0.15, 0.2) is 35.1 Å². The van der Waals surface area contributed by atoms with Crippen LogP contribution in [0.3, 0.4) is 0 Å². The number of hydrogen-bond donors (Lipinski definition) is 2. The number of para-hydroxylation sites is 1. The van der Waals surface area contributed by atoms with E-state index in [9.17, 15) is 9.59 Å². The molecule has 1 aromatic heterocycles. The van der Waals surface area contributed by atoms with Gasteiger partial charge in [0, 0.05) is 18.4 Å². The van der Waals surface area contributed by atoms with Crippen LogP contribution in [-0.2, 0) is 4.79 Å². The summed E-state index contributed by atoms with van der Waals surface area (Å²) in [4.78, 5) is 24.8. The van der Waals surface area contributed by atoms with E-state index >= 15 is 0 Å². The summed E-state index contributed by atoms with van der Waals surface area (Å²) in [7, 11) is 0. The molecular formula is C11H10N2O2. The van der Waals surface area contributed by atoms with E-state index in [1.165, 1.54) is 13.0 Å². The first-order valence-corrected chi connectivity index (χ1v) is 4.56. The van der Waals surface area contributed by atoms with Crippen molar-refractivity contribution in [2.45, 2.75) is 6.92 Å². The SMILES string of the molecule is CC(=O)Nc1cccc2ccc(=O)[nH]c12. The van der Waals surface area contributed by atoms with E-state index in [-0.39, 0.29) is 11.5 Å². The molecule has 0 atom stereocenters. The fourth-order valence-electron chi connectivity index (χ4n) is 1.47. The van der Waals surface area contributed by atoms with Crippen molar-refractivity contribution in [3.8, 4) is 0 Å². The predicted octanol–water partition coefficient (Wildman–Crippen LogP) is 1.49. The zero-order valence-corrected chi connectivity index (χ0v) is 8.20. The van der Waals surface area contributed by atoms with E-state index in [4.69, 9.17) is 0 Å². The number of carbonyl (C=O) groups excluding carboxylic acids is 1. The lowest BCUT2D eigenvalue weighted by molar-refractivity contribution is -0.114. The number of amides is 1. The smallest absolute Gasteiger partial charge is 0.248 e. The van der Waals surface area contributed by atoms with Crippen molar-refractivity contribution in [2.75, 3.05) is 5.32 Å². The van der Waals surface area contributed by atoms with E-state index in [1.807, 2.05) is 12.1 Å². The number of aromatic amines is 1. The Labute approximate surface area is 85.9 Å². The van der Waals surface area contributed by atoms with Gasteiger partial charge in [0.15, 0.2) is 0 Å². The van der Waals surface area contributed by atoms with Crippen LogP contribution in [0, 0.1) is 0 Å². The highest BCUT2D eigenvalue weighted by Crippen LogP contribution is 2.19. The monoisotopic (exact) mass is 202 g/mol. The average molecular weight is 202 g/mol. The normalized spacial score (nSPS) is 10.2. The minimum Gasteiger partial charge on any atom is -0.325 e. The largest absolute Gasteiger partial charge is 0.325 e. The highest BCUT2D eigenvalue weighted by Gasteiger charge is 2.02. The molecule has 0 unspecified atom stereocenters. The van der Waals surface area contributed by atoms with Gasteiger partial charge in [-0.3, -0.25) is 9.59 Å². The molecule has 76 valence electrons. The Hall–Kier alpha value is -2.10. The van der Waals surface area contributed by atoms with Crippen molar-refractivity contribution in [1.29, 1.82) is 0 Å². The number of fused-ring (bicyclic) bond motifs is 1. The van der Waals surface area contributed by atoms with Gasteiger partial charge < -0.3 is 10.3 Å². The second-order valence-electron chi connectivity index (χ2n) is 3.27. The van der Waals surface area contributed by atoms with Gasteiger partial charge in [-0.1, -0.05) is 12.1 Å². The number of hydrogen-bond acceptors (Lipinski definition) is 2. The number of anilines is 1.